The zero-order valence-corrected chi connectivity index (χ0v) is 7.02. The second-order valence-corrected chi connectivity index (χ2v) is 2.92. The number of carbonyl (C=O) groups is 2. The maximum atomic E-state index is 10.3. The van der Waals surface area contributed by atoms with Gasteiger partial charge >= 0.3 is 0 Å². The van der Waals surface area contributed by atoms with Gasteiger partial charge in [-0.25, -0.2) is 0 Å². The van der Waals surface area contributed by atoms with Crippen LogP contribution in [0.2, 0.25) is 0 Å². The van der Waals surface area contributed by atoms with E-state index >= 15 is 0 Å². The summed E-state index contributed by atoms with van der Waals surface area (Å²) < 4.78 is 0. The molecule has 0 aliphatic rings. The lowest BCUT2D eigenvalue weighted by molar-refractivity contribution is -0.308. The Bertz CT molecular complexity index is 140. The number of carboxylic acids is 1. The van der Waals surface area contributed by atoms with Gasteiger partial charge in [0.2, 0.25) is 6.41 Å². The number of amides is 1. The van der Waals surface area contributed by atoms with Gasteiger partial charge in [-0.05, 0) is 18.4 Å². The lowest BCUT2D eigenvalue weighted by Crippen LogP contribution is -2.45. The van der Waals surface area contributed by atoms with Gasteiger partial charge in [0, 0.05) is 0 Å². The average Bonchev–Trinajstić information content (AvgIpc) is 1.97. The number of carboxylic acid groups (broad SMARTS) is 1. The molecular weight excluding hydrogens is 166 g/mol. The van der Waals surface area contributed by atoms with Gasteiger partial charge in [-0.2, -0.15) is 11.8 Å². The number of aliphatic carboxylic acids is 1. The summed E-state index contributed by atoms with van der Waals surface area (Å²) in [7, 11) is 0. The molecule has 1 atom stereocenters. The molecule has 0 radical (unpaired) electrons. The molecule has 5 heteroatoms. The van der Waals surface area contributed by atoms with E-state index in [-0.39, 0.29) is 0 Å². The van der Waals surface area contributed by atoms with Crippen LogP contribution in [0.15, 0.2) is 0 Å². The van der Waals surface area contributed by atoms with Crippen LogP contribution >= 0.6 is 11.8 Å². The largest absolute Gasteiger partial charge is 0.548 e. The molecule has 0 aromatic heterocycles. The molecule has 0 aliphatic carbocycles. The van der Waals surface area contributed by atoms with Crippen molar-refractivity contribution in [3.05, 3.63) is 0 Å². The number of hydrogen-bond acceptors (Lipinski definition) is 4. The SMILES string of the molecule is CSCC[C@H](NC=O)C(=O)[O-]. The van der Waals surface area contributed by atoms with Gasteiger partial charge in [-0.3, -0.25) is 4.79 Å². The zero-order valence-electron chi connectivity index (χ0n) is 6.20. The van der Waals surface area contributed by atoms with Crippen molar-refractivity contribution in [2.24, 2.45) is 0 Å². The number of rotatable bonds is 6. The van der Waals surface area contributed by atoms with Crippen LogP contribution in [0.3, 0.4) is 0 Å². The van der Waals surface area contributed by atoms with E-state index < -0.39 is 12.0 Å². The lowest BCUT2D eigenvalue weighted by atomic mass is 10.2. The Balaban J connectivity index is 3.69. The highest BCUT2D eigenvalue weighted by molar-refractivity contribution is 7.98. The molecule has 0 unspecified atom stereocenters. The van der Waals surface area contributed by atoms with Gasteiger partial charge < -0.3 is 15.2 Å². The number of hydrogen-bond donors (Lipinski definition) is 1. The number of carbonyl (C=O) groups excluding carboxylic acids is 2. The highest BCUT2D eigenvalue weighted by Crippen LogP contribution is 1.98. The van der Waals surface area contributed by atoms with Crippen LogP contribution in [0.4, 0.5) is 0 Å². The van der Waals surface area contributed by atoms with Gasteiger partial charge in [-0.15, -0.1) is 0 Å². The molecule has 0 bridgehead atoms. The molecule has 4 nitrogen and oxygen atoms in total. The Hall–Kier alpha value is -0.710. The van der Waals surface area contributed by atoms with E-state index in [1.165, 1.54) is 11.8 Å². The molecule has 11 heavy (non-hydrogen) atoms. The first kappa shape index (κ1) is 10.3. The van der Waals surface area contributed by atoms with Crippen LogP contribution in [0.1, 0.15) is 6.42 Å². The summed E-state index contributed by atoms with van der Waals surface area (Å²) in [5.41, 5.74) is 0. The summed E-state index contributed by atoms with van der Waals surface area (Å²) in [6, 6.07) is -0.847. The van der Waals surface area contributed by atoms with Crippen molar-refractivity contribution >= 4 is 24.1 Å². The van der Waals surface area contributed by atoms with Crippen molar-refractivity contribution in [2.45, 2.75) is 12.5 Å². The molecule has 0 rings (SSSR count). The van der Waals surface area contributed by atoms with E-state index in [1.807, 2.05) is 6.26 Å². The minimum atomic E-state index is -1.23. The smallest absolute Gasteiger partial charge is 0.207 e. The molecule has 1 amide bonds. The molecule has 0 heterocycles. The quantitative estimate of drug-likeness (QED) is 0.505. The van der Waals surface area contributed by atoms with E-state index in [0.29, 0.717) is 18.6 Å². The minimum absolute atomic E-state index is 0.376. The second-order valence-electron chi connectivity index (χ2n) is 1.94. The van der Waals surface area contributed by atoms with Crippen LogP contribution in [0.5, 0.6) is 0 Å². The topological polar surface area (TPSA) is 69.2 Å². The predicted molar refractivity (Wildman–Crippen MR) is 41.0 cm³/mol. The van der Waals surface area contributed by atoms with Gasteiger partial charge in [0.05, 0.1) is 12.0 Å². The van der Waals surface area contributed by atoms with Crippen LogP contribution < -0.4 is 10.4 Å². The summed E-state index contributed by atoms with van der Waals surface area (Å²) in [5.74, 6) is -0.536. The molecule has 0 saturated heterocycles. The van der Waals surface area contributed by atoms with Crippen molar-refractivity contribution in [2.75, 3.05) is 12.0 Å². The summed E-state index contributed by atoms with van der Waals surface area (Å²) in [6.07, 6.45) is 2.65. The first-order valence-electron chi connectivity index (χ1n) is 3.12. The predicted octanol–water partition coefficient (Wildman–Crippen LogP) is -1.40. The molecule has 64 valence electrons. The molecule has 0 aromatic rings. The molecule has 0 aromatic carbocycles. The Kier molecular flexibility index (Phi) is 5.64. The van der Waals surface area contributed by atoms with E-state index in [0.717, 1.165) is 0 Å². The summed E-state index contributed by atoms with van der Waals surface area (Å²) >= 11 is 1.53. The van der Waals surface area contributed by atoms with Gasteiger partial charge in [0.25, 0.3) is 0 Å². The summed E-state index contributed by atoms with van der Waals surface area (Å²) in [4.78, 5) is 20.1. The fourth-order valence-electron chi connectivity index (χ4n) is 0.587. The first-order valence-corrected chi connectivity index (χ1v) is 4.51. The van der Waals surface area contributed by atoms with Crippen molar-refractivity contribution in [1.82, 2.24) is 5.32 Å². The van der Waals surface area contributed by atoms with Crippen LogP contribution in [0, 0.1) is 0 Å². The normalized spacial score (nSPS) is 12.1. The third-order valence-electron chi connectivity index (χ3n) is 1.16. The Morgan fingerprint density at radius 1 is 1.82 bits per heavy atom. The summed E-state index contributed by atoms with van der Waals surface area (Å²) in [6.45, 7) is 0. The third-order valence-corrected chi connectivity index (χ3v) is 1.81. The molecule has 1 N–H and O–H groups in total. The van der Waals surface area contributed by atoms with Gasteiger partial charge in [0.1, 0.15) is 0 Å². The van der Waals surface area contributed by atoms with E-state index in [2.05, 4.69) is 5.32 Å². The van der Waals surface area contributed by atoms with Crippen LogP contribution in [-0.2, 0) is 9.59 Å². The maximum absolute atomic E-state index is 10.3. The van der Waals surface area contributed by atoms with Crippen molar-refractivity contribution in [1.29, 1.82) is 0 Å². The maximum Gasteiger partial charge on any atom is 0.207 e. The van der Waals surface area contributed by atoms with Crippen LogP contribution in [-0.4, -0.2) is 30.4 Å². The molecule has 0 spiro atoms. The summed E-state index contributed by atoms with van der Waals surface area (Å²) in [5, 5.41) is 12.4. The minimum Gasteiger partial charge on any atom is -0.548 e. The van der Waals surface area contributed by atoms with Crippen molar-refractivity contribution in [3.63, 3.8) is 0 Å². The average molecular weight is 176 g/mol. The molecular formula is C6H10NO3S-. The first-order chi connectivity index (χ1) is 5.22. The van der Waals surface area contributed by atoms with Gasteiger partial charge in [-0.1, -0.05) is 0 Å². The van der Waals surface area contributed by atoms with E-state index in [4.69, 9.17) is 0 Å². The Morgan fingerprint density at radius 3 is 2.82 bits per heavy atom. The highest BCUT2D eigenvalue weighted by atomic mass is 32.2. The second kappa shape index (κ2) is 6.03. The number of nitrogens with one attached hydrogen (secondary N) is 1. The molecule has 0 aliphatic heterocycles. The van der Waals surface area contributed by atoms with Gasteiger partial charge in [0.15, 0.2) is 0 Å². The fourth-order valence-corrected chi connectivity index (χ4v) is 1.06. The van der Waals surface area contributed by atoms with Crippen LogP contribution in [0.25, 0.3) is 0 Å². The monoisotopic (exact) mass is 176 g/mol. The Labute approximate surface area is 69.4 Å². The highest BCUT2D eigenvalue weighted by Gasteiger charge is 2.06. The van der Waals surface area contributed by atoms with Crippen molar-refractivity contribution < 1.29 is 14.7 Å². The van der Waals surface area contributed by atoms with E-state index in [1.54, 1.807) is 0 Å². The van der Waals surface area contributed by atoms with Crippen molar-refractivity contribution in [3.8, 4) is 0 Å². The Morgan fingerprint density at radius 2 is 2.45 bits per heavy atom. The van der Waals surface area contributed by atoms with E-state index in [9.17, 15) is 14.7 Å². The third kappa shape index (κ3) is 4.66. The lowest BCUT2D eigenvalue weighted by Gasteiger charge is -2.15. The fraction of sp³-hybridized carbons (Fsp3) is 0.667. The molecule has 0 fully saturated rings. The standard InChI is InChI=1S/C6H11NO3S/c1-11-3-2-5(6(9)10)7-4-8/h4-5H,2-3H2,1H3,(H,7,8)(H,9,10)/p-1/t5-/m0/s1. The molecule has 0 saturated carbocycles. The zero-order chi connectivity index (χ0) is 8.69. The number of thioether (sulfide) groups is 1.